The molecule has 4 rings (SSSR count). The van der Waals surface area contributed by atoms with Crippen LogP contribution in [-0.4, -0.2) is 27.2 Å². The minimum Gasteiger partial charge on any atom is -0.487 e. The molecule has 1 aromatic heterocycles. The Morgan fingerprint density at radius 2 is 2.22 bits per heavy atom. The monoisotopic (exact) mass is 313 g/mol. The van der Waals surface area contributed by atoms with Crippen LogP contribution in [0.15, 0.2) is 22.7 Å². The summed E-state index contributed by atoms with van der Waals surface area (Å²) in [4.78, 5) is 6.86. The second-order valence-electron chi connectivity index (χ2n) is 7.29. The molecule has 122 valence electrons. The highest BCUT2D eigenvalue weighted by Gasteiger charge is 2.32. The lowest BCUT2D eigenvalue weighted by molar-refractivity contribution is 0.138. The van der Waals surface area contributed by atoms with Crippen LogP contribution in [0.4, 0.5) is 0 Å². The molecule has 0 N–H and O–H groups in total. The van der Waals surface area contributed by atoms with E-state index < -0.39 is 0 Å². The largest absolute Gasteiger partial charge is 0.487 e. The van der Waals surface area contributed by atoms with Crippen LogP contribution < -0.4 is 4.74 Å². The van der Waals surface area contributed by atoms with Gasteiger partial charge in [-0.3, -0.25) is 4.90 Å². The number of hydrogen-bond acceptors (Lipinski definition) is 5. The number of hydrogen-bond donors (Lipinski definition) is 0. The minimum atomic E-state index is -0.0849. The smallest absolute Gasteiger partial charge is 0.243 e. The molecule has 0 radical (unpaired) electrons. The third kappa shape index (κ3) is 2.85. The number of ether oxygens (including phenoxy) is 1. The van der Waals surface area contributed by atoms with Crippen molar-refractivity contribution in [1.82, 2.24) is 15.0 Å². The second-order valence-corrected chi connectivity index (χ2v) is 7.29. The molecule has 2 aliphatic rings. The topological polar surface area (TPSA) is 51.4 Å². The van der Waals surface area contributed by atoms with Crippen molar-refractivity contribution >= 4 is 0 Å². The molecule has 1 saturated heterocycles. The van der Waals surface area contributed by atoms with Crippen molar-refractivity contribution in [2.45, 2.75) is 58.2 Å². The normalized spacial score (nSPS) is 23.0. The molecular formula is C18H23N3O2. The minimum absolute atomic E-state index is 0.0849. The fraction of sp³-hybridized carbons (Fsp3) is 0.556. The number of aromatic nitrogens is 2. The number of benzene rings is 1. The maximum atomic E-state index is 5.97. The molecule has 0 aliphatic carbocycles. The average Bonchev–Trinajstić information content (AvgIpc) is 3.16. The molecule has 0 unspecified atom stereocenters. The molecule has 3 heterocycles. The van der Waals surface area contributed by atoms with Crippen LogP contribution in [0.3, 0.4) is 0 Å². The summed E-state index contributed by atoms with van der Waals surface area (Å²) in [5.41, 5.74) is 2.56. The van der Waals surface area contributed by atoms with Crippen LogP contribution in [0.25, 0.3) is 0 Å². The van der Waals surface area contributed by atoms with Crippen LogP contribution >= 0.6 is 0 Å². The van der Waals surface area contributed by atoms with Gasteiger partial charge in [-0.05, 0) is 57.4 Å². The SMILES string of the molecule is Cc1noc([C@@H]2CCCN2Cc2ccc3c(c2)CC(C)(C)O3)n1. The van der Waals surface area contributed by atoms with Crippen LogP contribution in [0.1, 0.15) is 55.6 Å². The molecule has 1 aromatic carbocycles. The summed E-state index contributed by atoms with van der Waals surface area (Å²) >= 11 is 0. The van der Waals surface area contributed by atoms with Gasteiger partial charge in [0.1, 0.15) is 11.4 Å². The summed E-state index contributed by atoms with van der Waals surface area (Å²) in [5, 5.41) is 3.94. The molecule has 0 amide bonds. The van der Waals surface area contributed by atoms with Gasteiger partial charge < -0.3 is 9.26 Å². The molecule has 2 aliphatic heterocycles. The second kappa shape index (κ2) is 5.34. The van der Waals surface area contributed by atoms with Crippen molar-refractivity contribution in [3.63, 3.8) is 0 Å². The summed E-state index contributed by atoms with van der Waals surface area (Å²) in [6, 6.07) is 6.83. The third-order valence-corrected chi connectivity index (χ3v) is 4.70. The van der Waals surface area contributed by atoms with Gasteiger partial charge in [-0.2, -0.15) is 4.98 Å². The van der Waals surface area contributed by atoms with E-state index in [0.29, 0.717) is 5.82 Å². The van der Waals surface area contributed by atoms with Crippen molar-refractivity contribution in [3.05, 3.63) is 41.0 Å². The van der Waals surface area contributed by atoms with E-state index in [1.165, 1.54) is 17.5 Å². The number of aryl methyl sites for hydroxylation is 1. The van der Waals surface area contributed by atoms with E-state index in [2.05, 4.69) is 47.1 Å². The van der Waals surface area contributed by atoms with E-state index in [1.54, 1.807) is 0 Å². The highest BCUT2D eigenvalue weighted by Crippen LogP contribution is 2.37. The Morgan fingerprint density at radius 3 is 3.00 bits per heavy atom. The first kappa shape index (κ1) is 14.7. The molecule has 2 aromatic rings. The summed E-state index contributed by atoms with van der Waals surface area (Å²) in [6.45, 7) is 8.14. The van der Waals surface area contributed by atoms with Gasteiger partial charge >= 0.3 is 0 Å². The summed E-state index contributed by atoms with van der Waals surface area (Å²) < 4.78 is 11.4. The Bertz CT molecular complexity index is 723. The predicted octanol–water partition coefficient (Wildman–Crippen LogP) is 3.43. The average molecular weight is 313 g/mol. The molecule has 0 spiro atoms. The molecule has 5 nitrogen and oxygen atoms in total. The Hall–Kier alpha value is -1.88. The lowest BCUT2D eigenvalue weighted by Gasteiger charge is -2.21. The van der Waals surface area contributed by atoms with Crippen molar-refractivity contribution in [3.8, 4) is 5.75 Å². The van der Waals surface area contributed by atoms with Gasteiger partial charge in [-0.15, -0.1) is 0 Å². The highest BCUT2D eigenvalue weighted by atomic mass is 16.5. The van der Waals surface area contributed by atoms with E-state index in [-0.39, 0.29) is 11.6 Å². The first-order valence-electron chi connectivity index (χ1n) is 8.35. The van der Waals surface area contributed by atoms with E-state index in [1.807, 2.05) is 6.92 Å². The van der Waals surface area contributed by atoms with E-state index >= 15 is 0 Å². The number of fused-ring (bicyclic) bond motifs is 1. The van der Waals surface area contributed by atoms with Gasteiger partial charge in [-0.25, -0.2) is 0 Å². The predicted molar refractivity (Wildman–Crippen MR) is 86.3 cm³/mol. The lowest BCUT2D eigenvalue weighted by Crippen LogP contribution is -2.24. The zero-order chi connectivity index (χ0) is 16.0. The molecule has 1 atom stereocenters. The maximum absolute atomic E-state index is 5.97. The maximum Gasteiger partial charge on any atom is 0.243 e. The Labute approximate surface area is 136 Å². The quantitative estimate of drug-likeness (QED) is 0.869. The number of rotatable bonds is 3. The van der Waals surface area contributed by atoms with E-state index in [9.17, 15) is 0 Å². The lowest BCUT2D eigenvalue weighted by atomic mass is 10.00. The molecule has 1 fully saturated rings. The Kier molecular flexibility index (Phi) is 3.41. The van der Waals surface area contributed by atoms with Gasteiger partial charge in [0, 0.05) is 13.0 Å². The van der Waals surface area contributed by atoms with Crippen molar-refractivity contribution in [2.75, 3.05) is 6.54 Å². The number of nitrogens with zero attached hydrogens (tertiary/aromatic N) is 3. The fourth-order valence-corrected chi connectivity index (χ4v) is 3.74. The van der Waals surface area contributed by atoms with E-state index in [4.69, 9.17) is 9.26 Å². The van der Waals surface area contributed by atoms with Gasteiger partial charge in [0.15, 0.2) is 5.82 Å². The molecule has 0 saturated carbocycles. The van der Waals surface area contributed by atoms with Gasteiger partial charge in [-0.1, -0.05) is 17.3 Å². The zero-order valence-electron chi connectivity index (χ0n) is 14.0. The van der Waals surface area contributed by atoms with Crippen LogP contribution in [0, 0.1) is 6.92 Å². The van der Waals surface area contributed by atoms with Crippen LogP contribution in [0.5, 0.6) is 5.75 Å². The molecule has 23 heavy (non-hydrogen) atoms. The van der Waals surface area contributed by atoms with Crippen molar-refractivity contribution in [1.29, 1.82) is 0 Å². The van der Waals surface area contributed by atoms with Crippen molar-refractivity contribution < 1.29 is 9.26 Å². The van der Waals surface area contributed by atoms with Gasteiger partial charge in [0.25, 0.3) is 0 Å². The summed E-state index contributed by atoms with van der Waals surface area (Å²) in [6.07, 6.45) is 3.23. The summed E-state index contributed by atoms with van der Waals surface area (Å²) in [7, 11) is 0. The standard InChI is InChI=1S/C18H23N3O2/c1-12-19-17(23-20-12)15-5-4-8-21(15)11-13-6-7-16-14(9-13)10-18(2,3)22-16/h6-7,9,15H,4-5,8,10-11H2,1-3H3/t15-/m0/s1. The first-order chi connectivity index (χ1) is 11.0. The molecule has 0 bridgehead atoms. The Balaban J connectivity index is 1.52. The van der Waals surface area contributed by atoms with Crippen LogP contribution in [0.2, 0.25) is 0 Å². The highest BCUT2D eigenvalue weighted by molar-refractivity contribution is 5.41. The summed E-state index contributed by atoms with van der Waals surface area (Å²) in [5.74, 6) is 2.50. The third-order valence-electron chi connectivity index (χ3n) is 4.70. The molecule has 5 heteroatoms. The Morgan fingerprint density at radius 1 is 1.35 bits per heavy atom. The van der Waals surface area contributed by atoms with Gasteiger partial charge in [0.2, 0.25) is 5.89 Å². The van der Waals surface area contributed by atoms with Crippen molar-refractivity contribution in [2.24, 2.45) is 0 Å². The first-order valence-corrected chi connectivity index (χ1v) is 8.35. The number of likely N-dealkylation sites (tertiary alicyclic amines) is 1. The zero-order valence-corrected chi connectivity index (χ0v) is 14.0. The molecular weight excluding hydrogens is 290 g/mol. The van der Waals surface area contributed by atoms with E-state index in [0.717, 1.165) is 37.6 Å². The van der Waals surface area contributed by atoms with Gasteiger partial charge in [0.05, 0.1) is 6.04 Å². The fourth-order valence-electron chi connectivity index (χ4n) is 3.74. The van der Waals surface area contributed by atoms with Crippen LogP contribution in [-0.2, 0) is 13.0 Å².